The second-order valence-corrected chi connectivity index (χ2v) is 18.6. The molecule has 0 spiro atoms. The Morgan fingerprint density at radius 3 is 1.20 bits per heavy atom. The minimum atomic E-state index is -0.783. The van der Waals surface area contributed by atoms with Crippen LogP contribution in [0.4, 0.5) is 0 Å². The summed E-state index contributed by atoms with van der Waals surface area (Å²) in [6.07, 6.45) is 54.3. The highest BCUT2D eigenvalue weighted by Gasteiger charge is 2.24. The van der Waals surface area contributed by atoms with Gasteiger partial charge in [-0.05, 0) is 51.4 Å². The Bertz CT molecular complexity index is 909. The number of rotatable bonds is 49. The van der Waals surface area contributed by atoms with Crippen LogP contribution in [0.2, 0.25) is 0 Å². The Labute approximate surface area is 374 Å². The summed E-state index contributed by atoms with van der Waals surface area (Å²) < 4.78 is 5.94. The van der Waals surface area contributed by atoms with Crippen LogP contribution >= 0.6 is 0 Å². The summed E-state index contributed by atoms with van der Waals surface area (Å²) in [4.78, 5) is 26.1. The molecule has 356 valence electrons. The maximum atomic E-state index is 13.2. The normalized spacial score (nSPS) is 13.2. The molecule has 60 heavy (non-hydrogen) atoms. The largest absolute Gasteiger partial charge is 0.462 e. The lowest BCUT2D eigenvalue weighted by atomic mass is 10.0. The van der Waals surface area contributed by atoms with Crippen molar-refractivity contribution in [2.24, 2.45) is 0 Å². The minimum Gasteiger partial charge on any atom is -0.462 e. The number of unbranched alkanes of at least 4 members (excludes halogenated alkanes) is 35. The van der Waals surface area contributed by atoms with Gasteiger partial charge in [-0.2, -0.15) is 0 Å². The van der Waals surface area contributed by atoms with Crippen molar-refractivity contribution < 1.29 is 24.5 Å². The number of amides is 1. The van der Waals surface area contributed by atoms with Crippen molar-refractivity contribution in [2.45, 2.75) is 315 Å². The molecule has 0 aromatic carbocycles. The molecule has 0 bridgehead atoms. The molecule has 3 N–H and O–H groups in total. The topological polar surface area (TPSA) is 95.9 Å². The molecular formula is C54H105NO5. The van der Waals surface area contributed by atoms with Gasteiger partial charge in [-0.25, -0.2) is 0 Å². The van der Waals surface area contributed by atoms with E-state index in [2.05, 4.69) is 38.2 Å². The highest BCUT2D eigenvalue weighted by atomic mass is 16.5. The number of ether oxygens (including phenoxy) is 1. The van der Waals surface area contributed by atoms with Crippen molar-refractivity contribution >= 4 is 11.9 Å². The molecule has 0 rings (SSSR count). The van der Waals surface area contributed by atoms with Crippen LogP contribution in [-0.4, -0.2) is 46.9 Å². The third-order valence-corrected chi connectivity index (χ3v) is 12.6. The second-order valence-electron chi connectivity index (χ2n) is 18.6. The predicted octanol–water partition coefficient (Wildman–Crippen LogP) is 16.1. The third-order valence-electron chi connectivity index (χ3n) is 12.6. The molecular weight excluding hydrogens is 743 g/mol. The zero-order valence-electron chi connectivity index (χ0n) is 40.6. The zero-order chi connectivity index (χ0) is 43.8. The smallest absolute Gasteiger partial charge is 0.306 e. The molecule has 1 amide bonds. The van der Waals surface area contributed by atoms with Crippen LogP contribution in [-0.2, 0) is 14.3 Å². The molecule has 0 fully saturated rings. The van der Waals surface area contributed by atoms with Gasteiger partial charge in [0.2, 0.25) is 5.91 Å². The number of hydrogen-bond donors (Lipinski definition) is 3. The predicted molar refractivity (Wildman–Crippen MR) is 260 cm³/mol. The fourth-order valence-corrected chi connectivity index (χ4v) is 8.49. The molecule has 0 aromatic heterocycles. The molecule has 0 aliphatic heterocycles. The Hall–Kier alpha value is -1.40. The standard InChI is InChI=1S/C54H105NO5/c1-4-7-10-13-16-19-21-23-24-25-26-27-28-30-32-35-38-41-44-47-54(59)60-50(45-42-39-36-34-31-29-22-20-17-14-11-8-5-2)48-53(58)55-51(49-56)52(57)46-43-40-37-33-18-15-12-9-6-3/h20,22,50-52,56-57H,4-19,21,23-49H2,1-3H3,(H,55,58)/b22-20-. The van der Waals surface area contributed by atoms with Crippen LogP contribution in [0.25, 0.3) is 0 Å². The van der Waals surface area contributed by atoms with Gasteiger partial charge >= 0.3 is 5.97 Å². The number of carbonyl (C=O) groups excluding carboxylic acids is 2. The monoisotopic (exact) mass is 848 g/mol. The molecule has 0 aromatic rings. The molecule has 6 heteroatoms. The van der Waals surface area contributed by atoms with Crippen LogP contribution < -0.4 is 5.32 Å². The van der Waals surface area contributed by atoms with Crippen molar-refractivity contribution in [3.05, 3.63) is 12.2 Å². The van der Waals surface area contributed by atoms with Gasteiger partial charge in [-0.1, -0.05) is 245 Å². The van der Waals surface area contributed by atoms with Crippen molar-refractivity contribution in [1.82, 2.24) is 5.32 Å². The first-order valence-electron chi connectivity index (χ1n) is 26.9. The van der Waals surface area contributed by atoms with Gasteiger partial charge in [-0.15, -0.1) is 0 Å². The van der Waals surface area contributed by atoms with Gasteiger partial charge in [0.05, 0.1) is 25.2 Å². The highest BCUT2D eigenvalue weighted by molar-refractivity contribution is 5.77. The Kier molecular flexibility index (Phi) is 47.5. The molecule has 0 saturated carbocycles. The van der Waals surface area contributed by atoms with E-state index in [-0.39, 0.29) is 24.9 Å². The van der Waals surface area contributed by atoms with E-state index in [1.807, 2.05) is 0 Å². The van der Waals surface area contributed by atoms with Gasteiger partial charge in [0.15, 0.2) is 0 Å². The van der Waals surface area contributed by atoms with E-state index in [0.29, 0.717) is 19.3 Å². The first-order chi connectivity index (χ1) is 29.5. The van der Waals surface area contributed by atoms with Gasteiger partial charge in [0.25, 0.3) is 0 Å². The summed E-state index contributed by atoms with van der Waals surface area (Å²) in [6, 6.07) is -0.696. The Balaban J connectivity index is 4.45. The summed E-state index contributed by atoms with van der Waals surface area (Å²) in [5.41, 5.74) is 0. The summed E-state index contributed by atoms with van der Waals surface area (Å²) in [5.74, 6) is -0.465. The molecule has 3 atom stereocenters. The maximum Gasteiger partial charge on any atom is 0.306 e. The molecule has 0 saturated heterocycles. The minimum absolute atomic E-state index is 0.0786. The van der Waals surface area contributed by atoms with Gasteiger partial charge in [0, 0.05) is 6.42 Å². The highest BCUT2D eigenvalue weighted by Crippen LogP contribution is 2.18. The van der Waals surface area contributed by atoms with Crippen LogP contribution in [0.15, 0.2) is 12.2 Å². The van der Waals surface area contributed by atoms with Gasteiger partial charge in [0.1, 0.15) is 6.10 Å². The number of carbonyl (C=O) groups is 2. The summed E-state index contributed by atoms with van der Waals surface area (Å²) in [7, 11) is 0. The van der Waals surface area contributed by atoms with Crippen molar-refractivity contribution in [1.29, 1.82) is 0 Å². The lowest BCUT2D eigenvalue weighted by Crippen LogP contribution is -2.46. The van der Waals surface area contributed by atoms with Crippen LogP contribution in [0.3, 0.4) is 0 Å². The summed E-state index contributed by atoms with van der Waals surface area (Å²) in [5, 5.41) is 23.7. The van der Waals surface area contributed by atoms with Crippen LogP contribution in [0.5, 0.6) is 0 Å². The van der Waals surface area contributed by atoms with Crippen molar-refractivity contribution in [2.75, 3.05) is 6.61 Å². The Morgan fingerprint density at radius 1 is 0.467 bits per heavy atom. The van der Waals surface area contributed by atoms with E-state index in [9.17, 15) is 19.8 Å². The van der Waals surface area contributed by atoms with E-state index in [1.165, 1.54) is 186 Å². The SMILES string of the molecule is CCCCCC/C=C\CCCCCCCC(CC(=O)NC(CO)C(O)CCCCCCCCCCC)OC(=O)CCCCCCCCCCCCCCCCCCCCC. The van der Waals surface area contributed by atoms with Crippen LogP contribution in [0.1, 0.15) is 297 Å². The second kappa shape index (κ2) is 48.6. The molecule has 0 heterocycles. The quantitative estimate of drug-likeness (QED) is 0.0322. The fraction of sp³-hybridized carbons (Fsp3) is 0.926. The number of nitrogens with one attached hydrogen (secondary N) is 1. The van der Waals surface area contributed by atoms with Gasteiger partial charge in [-0.3, -0.25) is 9.59 Å². The number of hydrogen-bond acceptors (Lipinski definition) is 5. The fourth-order valence-electron chi connectivity index (χ4n) is 8.49. The van der Waals surface area contributed by atoms with E-state index in [0.717, 1.165) is 64.2 Å². The molecule has 0 aliphatic carbocycles. The average molecular weight is 848 g/mol. The van der Waals surface area contributed by atoms with E-state index < -0.39 is 18.2 Å². The lowest BCUT2D eigenvalue weighted by Gasteiger charge is -2.24. The van der Waals surface area contributed by atoms with Crippen LogP contribution in [0, 0.1) is 0 Å². The number of aliphatic hydroxyl groups excluding tert-OH is 2. The molecule has 6 nitrogen and oxygen atoms in total. The van der Waals surface area contributed by atoms with E-state index >= 15 is 0 Å². The number of esters is 1. The summed E-state index contributed by atoms with van der Waals surface area (Å²) in [6.45, 7) is 6.48. The average Bonchev–Trinajstić information content (AvgIpc) is 3.24. The van der Waals surface area contributed by atoms with E-state index in [4.69, 9.17) is 4.74 Å². The zero-order valence-corrected chi connectivity index (χ0v) is 40.6. The third kappa shape index (κ3) is 43.3. The lowest BCUT2D eigenvalue weighted by molar-refractivity contribution is -0.151. The van der Waals surface area contributed by atoms with E-state index in [1.54, 1.807) is 0 Å². The maximum absolute atomic E-state index is 13.2. The number of allylic oxidation sites excluding steroid dienone is 2. The molecule has 3 unspecified atom stereocenters. The van der Waals surface area contributed by atoms with Gasteiger partial charge < -0.3 is 20.3 Å². The molecule has 0 aliphatic rings. The van der Waals surface area contributed by atoms with Crippen molar-refractivity contribution in [3.63, 3.8) is 0 Å². The van der Waals surface area contributed by atoms with Crippen molar-refractivity contribution in [3.8, 4) is 0 Å². The summed E-state index contributed by atoms with van der Waals surface area (Å²) >= 11 is 0. The molecule has 0 radical (unpaired) electrons. The Morgan fingerprint density at radius 2 is 0.800 bits per heavy atom. The number of aliphatic hydroxyl groups is 2. The first-order valence-corrected chi connectivity index (χ1v) is 26.9. The first kappa shape index (κ1) is 58.6.